The fourth-order valence-corrected chi connectivity index (χ4v) is 5.56. The molecule has 0 aromatic rings. The van der Waals surface area contributed by atoms with Crippen molar-refractivity contribution in [3.63, 3.8) is 0 Å². The Bertz CT molecular complexity index is 52.2. The Morgan fingerprint density at radius 2 is 1.23 bits per heavy atom. The molecule has 0 saturated carbocycles. The zero-order chi connectivity index (χ0) is 7.07. The highest BCUT2D eigenvalue weighted by Crippen LogP contribution is 1.90. The molecule has 0 aliphatic carbocycles. The van der Waals surface area contributed by atoms with Crippen molar-refractivity contribution < 1.29 is 13.0 Å². The quantitative estimate of drug-likeness (QED) is 0.558. The molecule has 13 heavy (non-hydrogen) atoms. The van der Waals surface area contributed by atoms with E-state index in [-0.39, 0.29) is 41.8 Å². The molecule has 84 valence electrons. The first-order valence-electron chi connectivity index (χ1n) is 3.73. The predicted octanol–water partition coefficient (Wildman–Crippen LogP) is -0.0389. The monoisotopic (exact) mass is 242 g/mol. The molecule has 1 saturated heterocycles. The summed E-state index contributed by atoms with van der Waals surface area (Å²) < 4.78 is 16.2. The van der Waals surface area contributed by atoms with Crippen LogP contribution in [0.2, 0.25) is 12.1 Å². The van der Waals surface area contributed by atoms with Crippen molar-refractivity contribution in [3.8, 4) is 0 Å². The van der Waals surface area contributed by atoms with Crippen molar-refractivity contribution >= 4 is 29.5 Å². The minimum Gasteiger partial charge on any atom is -0.446 e. The molecule has 1 aliphatic heterocycles. The lowest BCUT2D eigenvalue weighted by atomic mass is 10.8. The average molecular weight is 243 g/mol. The maximum atomic E-state index is 5.42. The first kappa shape index (κ1) is 19.2. The molecular formula is C7H26O3Si3. The van der Waals surface area contributed by atoms with Gasteiger partial charge >= 0.3 is 0 Å². The van der Waals surface area contributed by atoms with Gasteiger partial charge in [0.25, 0.3) is 10.0 Å². The molecule has 0 radical (unpaired) electrons. The van der Waals surface area contributed by atoms with Crippen LogP contribution in [0.1, 0.15) is 22.3 Å². The Balaban J connectivity index is -0.000000333. The SMILES string of the molecule is C.C.C.C1C[SiH2]O[SiH2]O[SiH2]CCO1. The summed E-state index contributed by atoms with van der Waals surface area (Å²) in [7, 11) is -1.02. The summed E-state index contributed by atoms with van der Waals surface area (Å²) in [5.41, 5.74) is 0. The zero-order valence-corrected chi connectivity index (χ0v) is 10.4. The molecule has 0 amide bonds. The van der Waals surface area contributed by atoms with Crippen molar-refractivity contribution in [2.24, 2.45) is 0 Å². The Morgan fingerprint density at radius 3 is 1.69 bits per heavy atom. The van der Waals surface area contributed by atoms with Gasteiger partial charge in [-0.2, -0.15) is 0 Å². The van der Waals surface area contributed by atoms with Gasteiger partial charge in [0.15, 0.2) is 19.5 Å². The summed E-state index contributed by atoms with van der Waals surface area (Å²) in [5, 5.41) is 0. The lowest BCUT2D eigenvalue weighted by Crippen LogP contribution is -2.15. The summed E-state index contributed by atoms with van der Waals surface area (Å²) in [6.45, 7) is 1.85. The largest absolute Gasteiger partial charge is 0.446 e. The van der Waals surface area contributed by atoms with E-state index in [4.69, 9.17) is 13.0 Å². The standard InChI is InChI=1S/C4H14O3Si3.3CH4/c1-3-8-6-10-7-9-4-2-5-1;;;/h1-4,8-10H2;3*1H4. The molecule has 3 nitrogen and oxygen atoms in total. The van der Waals surface area contributed by atoms with Crippen molar-refractivity contribution in [1.82, 2.24) is 0 Å². The summed E-state index contributed by atoms with van der Waals surface area (Å²) in [6, 6.07) is 2.33. The van der Waals surface area contributed by atoms with Crippen LogP contribution in [0.25, 0.3) is 0 Å². The second kappa shape index (κ2) is 15.0. The zero-order valence-electron chi connectivity index (χ0n) is 6.17. The van der Waals surface area contributed by atoms with Gasteiger partial charge in [0.2, 0.25) is 0 Å². The minimum absolute atomic E-state index is 0. The molecule has 1 heterocycles. The van der Waals surface area contributed by atoms with E-state index < -0.39 is 10.0 Å². The first-order chi connectivity index (χ1) is 5.00. The molecule has 0 N–H and O–H groups in total. The lowest BCUT2D eigenvalue weighted by molar-refractivity contribution is 0.158. The summed E-state index contributed by atoms with van der Waals surface area (Å²) in [4.78, 5) is 0. The maximum absolute atomic E-state index is 5.42. The molecule has 1 aliphatic rings. The molecule has 6 heteroatoms. The number of rotatable bonds is 0. The van der Waals surface area contributed by atoms with Gasteiger partial charge in [-0.15, -0.1) is 0 Å². The third-order valence-corrected chi connectivity index (χ3v) is 6.12. The lowest BCUT2D eigenvalue weighted by Gasteiger charge is -2.08. The van der Waals surface area contributed by atoms with Gasteiger partial charge in [0.1, 0.15) is 0 Å². The fourth-order valence-electron chi connectivity index (χ4n) is 0.805. The van der Waals surface area contributed by atoms with Crippen LogP contribution in [0.4, 0.5) is 0 Å². The van der Waals surface area contributed by atoms with E-state index in [1.807, 2.05) is 0 Å². The average Bonchev–Trinajstić information content (AvgIpc) is 2.01. The Hall–Kier alpha value is 0.531. The highest BCUT2D eigenvalue weighted by molar-refractivity contribution is 6.45. The highest BCUT2D eigenvalue weighted by Gasteiger charge is 1.96. The van der Waals surface area contributed by atoms with E-state index in [1.165, 1.54) is 0 Å². The first-order valence-corrected chi connectivity index (χ1v) is 8.04. The molecule has 1 rings (SSSR count). The van der Waals surface area contributed by atoms with E-state index in [9.17, 15) is 0 Å². The number of hydrogen-bond acceptors (Lipinski definition) is 3. The molecule has 0 atom stereocenters. The number of hydrogen-bond donors (Lipinski definition) is 0. The molecule has 1 fully saturated rings. The van der Waals surface area contributed by atoms with Crippen molar-refractivity contribution in [3.05, 3.63) is 0 Å². The third-order valence-electron chi connectivity index (χ3n) is 1.32. The van der Waals surface area contributed by atoms with Gasteiger partial charge in [-0.25, -0.2) is 0 Å². The van der Waals surface area contributed by atoms with Gasteiger partial charge in [0.05, 0.1) is 0 Å². The Morgan fingerprint density at radius 1 is 0.769 bits per heavy atom. The van der Waals surface area contributed by atoms with Crippen LogP contribution >= 0.6 is 0 Å². The summed E-state index contributed by atoms with van der Waals surface area (Å²) in [6.07, 6.45) is 0. The third kappa shape index (κ3) is 12.5. The minimum atomic E-state index is -0.518. The van der Waals surface area contributed by atoms with Crippen LogP contribution in [-0.2, 0) is 13.0 Å². The van der Waals surface area contributed by atoms with Gasteiger partial charge in [0, 0.05) is 13.2 Å². The van der Waals surface area contributed by atoms with Crippen LogP contribution in [0.15, 0.2) is 0 Å². The van der Waals surface area contributed by atoms with Gasteiger partial charge < -0.3 is 13.0 Å². The molecule has 0 spiro atoms. The van der Waals surface area contributed by atoms with Crippen LogP contribution in [0.5, 0.6) is 0 Å². The van der Waals surface area contributed by atoms with Crippen LogP contribution in [-0.4, -0.2) is 42.7 Å². The Kier molecular flexibility index (Phi) is 22.1. The fraction of sp³-hybridized carbons (Fsp3) is 1.00. The van der Waals surface area contributed by atoms with Crippen molar-refractivity contribution in [2.75, 3.05) is 13.2 Å². The van der Waals surface area contributed by atoms with Crippen LogP contribution in [0, 0.1) is 0 Å². The normalized spacial score (nSPS) is 24.0. The topological polar surface area (TPSA) is 27.7 Å². The van der Waals surface area contributed by atoms with Crippen molar-refractivity contribution in [2.45, 2.75) is 34.4 Å². The van der Waals surface area contributed by atoms with E-state index in [1.54, 1.807) is 0 Å². The molecule has 0 unspecified atom stereocenters. The highest BCUT2D eigenvalue weighted by atomic mass is 28.4. The van der Waals surface area contributed by atoms with E-state index >= 15 is 0 Å². The van der Waals surface area contributed by atoms with E-state index in [0.717, 1.165) is 25.3 Å². The second-order valence-corrected chi connectivity index (χ2v) is 7.99. The molecule has 0 aromatic heterocycles. The van der Waals surface area contributed by atoms with E-state index in [0.29, 0.717) is 0 Å². The van der Waals surface area contributed by atoms with Crippen LogP contribution in [0.3, 0.4) is 0 Å². The molecule has 0 aromatic carbocycles. The van der Waals surface area contributed by atoms with Gasteiger partial charge in [-0.1, -0.05) is 22.3 Å². The van der Waals surface area contributed by atoms with Gasteiger partial charge in [-0.3, -0.25) is 0 Å². The van der Waals surface area contributed by atoms with E-state index in [2.05, 4.69) is 0 Å². The molecular weight excluding hydrogens is 216 g/mol. The molecule has 0 bridgehead atoms. The smallest absolute Gasteiger partial charge is 0.283 e. The maximum Gasteiger partial charge on any atom is 0.283 e. The van der Waals surface area contributed by atoms with Gasteiger partial charge in [-0.05, 0) is 12.1 Å². The van der Waals surface area contributed by atoms with Crippen LogP contribution < -0.4 is 0 Å². The predicted molar refractivity (Wildman–Crippen MR) is 68.4 cm³/mol. The second-order valence-electron chi connectivity index (χ2n) is 2.25. The summed E-state index contributed by atoms with van der Waals surface area (Å²) >= 11 is 0. The number of ether oxygens (including phenoxy) is 1. The Labute approximate surface area is 90.5 Å². The summed E-state index contributed by atoms with van der Waals surface area (Å²) in [5.74, 6) is 0. The van der Waals surface area contributed by atoms with Crippen molar-refractivity contribution in [1.29, 1.82) is 0 Å².